The third-order valence-electron chi connectivity index (χ3n) is 2.86. The number of carbonyl (C=O) groups is 2. The lowest BCUT2D eigenvalue weighted by molar-refractivity contribution is -0.139. The van der Waals surface area contributed by atoms with Crippen molar-refractivity contribution in [2.24, 2.45) is 0 Å². The van der Waals surface area contributed by atoms with Crippen molar-refractivity contribution in [2.75, 3.05) is 6.54 Å². The van der Waals surface area contributed by atoms with Gasteiger partial charge in [0.25, 0.3) is 5.91 Å². The van der Waals surface area contributed by atoms with E-state index < -0.39 is 30.6 Å². The van der Waals surface area contributed by atoms with Gasteiger partial charge in [-0.2, -0.15) is 13.2 Å². The molecule has 2 rings (SSSR count). The van der Waals surface area contributed by atoms with E-state index >= 15 is 0 Å². The van der Waals surface area contributed by atoms with Crippen LogP contribution in [0.4, 0.5) is 13.2 Å². The summed E-state index contributed by atoms with van der Waals surface area (Å²) in [4.78, 5) is 30.4. The lowest BCUT2D eigenvalue weighted by Crippen LogP contribution is -2.47. The minimum absolute atomic E-state index is 0.199. The van der Waals surface area contributed by atoms with Crippen LogP contribution in [0.5, 0.6) is 0 Å². The van der Waals surface area contributed by atoms with Crippen molar-refractivity contribution in [2.45, 2.75) is 19.1 Å². The van der Waals surface area contributed by atoms with Gasteiger partial charge in [-0.15, -0.1) is 0 Å². The first-order valence-electron chi connectivity index (χ1n) is 6.35. The van der Waals surface area contributed by atoms with Gasteiger partial charge in [0.2, 0.25) is 5.91 Å². The molecule has 2 amide bonds. The number of nitrogens with zero attached hydrogens (tertiary/aromatic N) is 1. The molecule has 0 aromatic carbocycles. The van der Waals surface area contributed by atoms with Crippen molar-refractivity contribution in [3.63, 3.8) is 0 Å². The molecule has 0 aliphatic heterocycles. The van der Waals surface area contributed by atoms with Crippen molar-refractivity contribution in [1.29, 1.82) is 0 Å². The maximum Gasteiger partial charge on any atom is 0.405 e. The second-order valence-electron chi connectivity index (χ2n) is 4.66. The van der Waals surface area contributed by atoms with Crippen LogP contribution in [0.15, 0.2) is 24.5 Å². The van der Waals surface area contributed by atoms with Crippen LogP contribution in [0.1, 0.15) is 17.3 Å². The molecule has 118 valence electrons. The molecule has 0 spiro atoms. The fourth-order valence-electron chi connectivity index (χ4n) is 1.74. The van der Waals surface area contributed by atoms with E-state index in [9.17, 15) is 22.8 Å². The molecule has 0 fully saturated rings. The summed E-state index contributed by atoms with van der Waals surface area (Å²) in [6, 6.07) is 2.16. The van der Waals surface area contributed by atoms with Crippen LogP contribution in [-0.4, -0.2) is 40.5 Å². The molecule has 0 aliphatic carbocycles. The minimum Gasteiger partial charge on any atom is -0.360 e. The Bertz CT molecular complexity index is 696. The average Bonchev–Trinajstić information content (AvgIpc) is 2.90. The van der Waals surface area contributed by atoms with Gasteiger partial charge >= 0.3 is 6.18 Å². The number of aromatic amines is 1. The number of nitrogens with one attached hydrogen (secondary N) is 3. The summed E-state index contributed by atoms with van der Waals surface area (Å²) in [6.07, 6.45) is -1.51. The van der Waals surface area contributed by atoms with Gasteiger partial charge in [0, 0.05) is 12.4 Å². The van der Waals surface area contributed by atoms with Crippen molar-refractivity contribution < 1.29 is 22.8 Å². The van der Waals surface area contributed by atoms with E-state index in [1.165, 1.54) is 19.2 Å². The van der Waals surface area contributed by atoms with Gasteiger partial charge in [-0.1, -0.05) is 0 Å². The van der Waals surface area contributed by atoms with Crippen LogP contribution in [0.2, 0.25) is 0 Å². The van der Waals surface area contributed by atoms with Crippen LogP contribution in [0.25, 0.3) is 11.0 Å². The highest BCUT2D eigenvalue weighted by atomic mass is 19.4. The molecular formula is C13H13F3N4O2. The van der Waals surface area contributed by atoms with E-state index in [1.807, 2.05) is 0 Å². The summed E-state index contributed by atoms with van der Waals surface area (Å²) in [5, 5.41) is 4.02. The van der Waals surface area contributed by atoms with Crippen LogP contribution in [0, 0.1) is 0 Å². The number of aromatic nitrogens is 2. The standard InChI is InChI=1S/C13H13F3N4O2/c1-7(11(21)19-6-13(14,15)16)20-12(22)8-4-10-9(18-5-8)2-3-17-10/h2-5,7,17H,6H2,1H3,(H,19,21)(H,20,22). The first kappa shape index (κ1) is 15.8. The highest BCUT2D eigenvalue weighted by Gasteiger charge is 2.29. The summed E-state index contributed by atoms with van der Waals surface area (Å²) in [7, 11) is 0. The predicted octanol–water partition coefficient (Wildman–Crippen LogP) is 1.36. The molecule has 9 heteroatoms. The monoisotopic (exact) mass is 314 g/mol. The fraction of sp³-hybridized carbons (Fsp3) is 0.308. The van der Waals surface area contributed by atoms with Crippen molar-refractivity contribution in [1.82, 2.24) is 20.6 Å². The molecule has 1 atom stereocenters. The second-order valence-corrected chi connectivity index (χ2v) is 4.66. The van der Waals surface area contributed by atoms with Gasteiger partial charge in [-0.05, 0) is 19.1 Å². The van der Waals surface area contributed by atoms with Gasteiger partial charge in [0.15, 0.2) is 0 Å². The Labute approximate surface area is 123 Å². The topological polar surface area (TPSA) is 86.9 Å². The average molecular weight is 314 g/mol. The molecule has 2 aromatic rings. The molecule has 0 bridgehead atoms. The Kier molecular flexibility index (Phi) is 4.34. The number of carbonyl (C=O) groups excluding carboxylic acids is 2. The smallest absolute Gasteiger partial charge is 0.360 e. The summed E-state index contributed by atoms with van der Waals surface area (Å²) >= 11 is 0. The maximum absolute atomic E-state index is 12.0. The molecule has 0 saturated heterocycles. The van der Waals surface area contributed by atoms with Gasteiger partial charge in [-0.3, -0.25) is 14.6 Å². The first-order valence-corrected chi connectivity index (χ1v) is 6.35. The zero-order valence-electron chi connectivity index (χ0n) is 11.5. The molecule has 22 heavy (non-hydrogen) atoms. The number of halogens is 3. The Morgan fingerprint density at radius 1 is 1.41 bits per heavy atom. The van der Waals surface area contributed by atoms with Crippen LogP contribution < -0.4 is 10.6 Å². The molecule has 0 radical (unpaired) electrons. The van der Waals surface area contributed by atoms with E-state index in [4.69, 9.17) is 0 Å². The van der Waals surface area contributed by atoms with E-state index in [2.05, 4.69) is 15.3 Å². The van der Waals surface area contributed by atoms with Gasteiger partial charge in [-0.25, -0.2) is 0 Å². The molecular weight excluding hydrogens is 301 g/mol. The molecule has 1 unspecified atom stereocenters. The zero-order chi connectivity index (χ0) is 16.3. The lowest BCUT2D eigenvalue weighted by atomic mass is 10.2. The van der Waals surface area contributed by atoms with Crippen molar-refractivity contribution in [3.8, 4) is 0 Å². The first-order chi connectivity index (χ1) is 10.3. The molecule has 6 nitrogen and oxygen atoms in total. The van der Waals surface area contributed by atoms with Gasteiger partial charge in [0.1, 0.15) is 12.6 Å². The van der Waals surface area contributed by atoms with E-state index in [-0.39, 0.29) is 5.56 Å². The number of hydrogen-bond donors (Lipinski definition) is 3. The highest BCUT2D eigenvalue weighted by Crippen LogP contribution is 2.12. The summed E-state index contributed by atoms with van der Waals surface area (Å²) in [5.41, 5.74) is 1.51. The largest absolute Gasteiger partial charge is 0.405 e. The predicted molar refractivity (Wildman–Crippen MR) is 72.1 cm³/mol. The number of rotatable bonds is 4. The minimum atomic E-state index is -4.50. The third-order valence-corrected chi connectivity index (χ3v) is 2.86. The van der Waals surface area contributed by atoms with Crippen LogP contribution >= 0.6 is 0 Å². The van der Waals surface area contributed by atoms with E-state index in [1.54, 1.807) is 17.6 Å². The summed E-state index contributed by atoms with van der Waals surface area (Å²) in [5.74, 6) is -1.52. The Morgan fingerprint density at radius 3 is 2.82 bits per heavy atom. The Balaban J connectivity index is 1.96. The fourth-order valence-corrected chi connectivity index (χ4v) is 1.74. The van der Waals surface area contributed by atoms with Gasteiger partial charge < -0.3 is 15.6 Å². The van der Waals surface area contributed by atoms with E-state index in [0.29, 0.717) is 11.0 Å². The lowest BCUT2D eigenvalue weighted by Gasteiger charge is -2.15. The Hall–Kier alpha value is -2.58. The summed E-state index contributed by atoms with van der Waals surface area (Å²) < 4.78 is 36.0. The number of hydrogen-bond acceptors (Lipinski definition) is 3. The van der Waals surface area contributed by atoms with Crippen molar-refractivity contribution >= 4 is 22.8 Å². The number of amides is 2. The maximum atomic E-state index is 12.0. The quantitative estimate of drug-likeness (QED) is 0.796. The highest BCUT2D eigenvalue weighted by molar-refractivity contribution is 5.99. The third kappa shape index (κ3) is 3.96. The molecule has 3 N–H and O–H groups in total. The van der Waals surface area contributed by atoms with Crippen molar-refractivity contribution in [3.05, 3.63) is 30.1 Å². The second kappa shape index (κ2) is 6.04. The number of pyridine rings is 1. The number of H-pyrrole nitrogens is 1. The van der Waals surface area contributed by atoms with Gasteiger partial charge in [0.05, 0.1) is 16.6 Å². The normalized spacial score (nSPS) is 12.9. The molecule has 2 aromatic heterocycles. The number of alkyl halides is 3. The number of fused-ring (bicyclic) bond motifs is 1. The SMILES string of the molecule is CC(NC(=O)c1cnc2cc[nH]c2c1)C(=O)NCC(F)(F)F. The Morgan fingerprint density at radius 2 is 2.14 bits per heavy atom. The molecule has 0 aliphatic rings. The molecule has 2 heterocycles. The molecule has 0 saturated carbocycles. The van der Waals surface area contributed by atoms with E-state index in [0.717, 1.165) is 0 Å². The van der Waals surface area contributed by atoms with Crippen LogP contribution in [-0.2, 0) is 4.79 Å². The zero-order valence-corrected chi connectivity index (χ0v) is 11.5. The van der Waals surface area contributed by atoms with Crippen LogP contribution in [0.3, 0.4) is 0 Å². The summed E-state index contributed by atoms with van der Waals surface area (Å²) in [6.45, 7) is -0.147.